The summed E-state index contributed by atoms with van der Waals surface area (Å²) in [4.78, 5) is 19.0. The number of rotatable bonds is 2. The lowest BCUT2D eigenvalue weighted by molar-refractivity contribution is 0.209. The second kappa shape index (κ2) is 8.23. The number of carboxylic acid groups (broad SMARTS) is 1. The second-order valence-electron chi connectivity index (χ2n) is 8.35. The van der Waals surface area contributed by atoms with Gasteiger partial charge < -0.3 is 20.5 Å². The molecule has 2 aliphatic heterocycles. The number of aromatic nitrogens is 2. The number of hydrogen-bond donors (Lipinski definition) is 4. The molecule has 166 valence electrons. The molecule has 9 heteroatoms. The van der Waals surface area contributed by atoms with Gasteiger partial charge in [0.25, 0.3) is 0 Å². The highest BCUT2D eigenvalue weighted by atomic mass is 19.1. The van der Waals surface area contributed by atoms with E-state index in [4.69, 9.17) is 9.84 Å². The number of piperidine rings is 1. The van der Waals surface area contributed by atoms with Crippen molar-refractivity contribution in [1.82, 2.24) is 15.3 Å². The van der Waals surface area contributed by atoms with Crippen molar-refractivity contribution in [1.29, 1.82) is 0 Å². The maximum absolute atomic E-state index is 14.7. The highest BCUT2D eigenvalue weighted by molar-refractivity contribution is 5.92. The number of anilines is 2. The molecular weight excluding hydrogens is 413 g/mol. The van der Waals surface area contributed by atoms with Gasteiger partial charge in [0.05, 0.1) is 0 Å². The summed E-state index contributed by atoms with van der Waals surface area (Å²) in [5, 5.41) is 18.8. The number of carbonyl (C=O) groups is 1. The molecule has 1 saturated heterocycles. The smallest absolute Gasteiger partial charge is 0.410 e. The van der Waals surface area contributed by atoms with Gasteiger partial charge in [-0.1, -0.05) is 0 Å². The average molecular weight is 437 g/mol. The fourth-order valence-corrected chi connectivity index (χ4v) is 4.31. The molecule has 8 nitrogen and oxygen atoms in total. The van der Waals surface area contributed by atoms with Crippen LogP contribution in [0.25, 0.3) is 21.9 Å². The number of ether oxygens (including phenoxy) is 1. The maximum Gasteiger partial charge on any atom is 0.410 e. The molecule has 6 rings (SSSR count). The highest BCUT2D eigenvalue weighted by Crippen LogP contribution is 2.40. The Morgan fingerprint density at radius 3 is 2.66 bits per heavy atom. The molecule has 1 aromatic carbocycles. The first-order valence-corrected chi connectivity index (χ1v) is 10.7. The van der Waals surface area contributed by atoms with Crippen LogP contribution in [0.3, 0.4) is 0 Å². The van der Waals surface area contributed by atoms with Gasteiger partial charge in [0.1, 0.15) is 23.9 Å². The third-order valence-corrected chi connectivity index (χ3v) is 6.16. The van der Waals surface area contributed by atoms with Gasteiger partial charge in [-0.2, -0.15) is 0 Å². The van der Waals surface area contributed by atoms with Crippen LogP contribution in [-0.4, -0.2) is 47.4 Å². The quantitative estimate of drug-likeness (QED) is 0.482. The van der Waals surface area contributed by atoms with Gasteiger partial charge >= 0.3 is 6.09 Å². The molecule has 32 heavy (non-hydrogen) atoms. The molecule has 3 aliphatic rings. The van der Waals surface area contributed by atoms with E-state index in [9.17, 15) is 9.18 Å². The van der Waals surface area contributed by atoms with Gasteiger partial charge in [-0.15, -0.1) is 0 Å². The molecule has 1 saturated carbocycles. The predicted octanol–water partition coefficient (Wildman–Crippen LogP) is 3.86. The van der Waals surface area contributed by atoms with Crippen molar-refractivity contribution >= 4 is 28.4 Å². The number of hydrogen-bond acceptors (Lipinski definition) is 6. The summed E-state index contributed by atoms with van der Waals surface area (Å²) in [6.45, 7) is 5.70. The number of amides is 1. The van der Waals surface area contributed by atoms with Crippen LogP contribution in [-0.2, 0) is 0 Å². The van der Waals surface area contributed by atoms with Crippen molar-refractivity contribution in [3.05, 3.63) is 42.0 Å². The van der Waals surface area contributed by atoms with E-state index in [2.05, 4.69) is 25.9 Å². The molecule has 0 bridgehead atoms. The molecule has 2 fully saturated rings. The Balaban J connectivity index is 0.000000306. The Hall–Kier alpha value is -3.46. The van der Waals surface area contributed by atoms with Crippen LogP contribution in [0.5, 0.6) is 5.88 Å². The summed E-state index contributed by atoms with van der Waals surface area (Å²) in [6, 6.07) is 4.61. The summed E-state index contributed by atoms with van der Waals surface area (Å²) in [5.41, 5.74) is 2.62. The number of halogens is 1. The van der Waals surface area contributed by atoms with Crippen LogP contribution in [0.4, 0.5) is 20.7 Å². The van der Waals surface area contributed by atoms with E-state index in [-0.39, 0.29) is 5.82 Å². The zero-order chi connectivity index (χ0) is 22.2. The van der Waals surface area contributed by atoms with Gasteiger partial charge in [-0.05, 0) is 67.4 Å². The molecule has 2 aromatic heterocycles. The van der Waals surface area contributed by atoms with E-state index >= 15 is 0 Å². The summed E-state index contributed by atoms with van der Waals surface area (Å²) in [7, 11) is 0. The molecule has 0 spiro atoms. The number of benzene rings is 1. The average Bonchev–Trinajstić information content (AvgIpc) is 3.38. The molecule has 2 atom stereocenters. The van der Waals surface area contributed by atoms with Crippen LogP contribution in [0, 0.1) is 24.6 Å². The summed E-state index contributed by atoms with van der Waals surface area (Å²) < 4.78 is 20.2. The summed E-state index contributed by atoms with van der Waals surface area (Å²) >= 11 is 0. The normalized spacial score (nSPS) is 20.2. The fraction of sp³-hybridized carbons (Fsp3) is 0.348. The van der Waals surface area contributed by atoms with E-state index in [0.29, 0.717) is 40.9 Å². The Kier molecular flexibility index (Phi) is 5.26. The van der Waals surface area contributed by atoms with E-state index in [1.165, 1.54) is 31.8 Å². The Morgan fingerprint density at radius 1 is 1.16 bits per heavy atom. The van der Waals surface area contributed by atoms with Crippen LogP contribution in [0.1, 0.15) is 12.0 Å². The minimum atomic E-state index is -1.21. The van der Waals surface area contributed by atoms with Crippen LogP contribution in [0.15, 0.2) is 30.6 Å². The van der Waals surface area contributed by atoms with E-state index < -0.39 is 11.9 Å². The number of fused-ring (bicyclic) bond motifs is 3. The lowest BCUT2D eigenvalue weighted by Gasteiger charge is -2.21. The van der Waals surface area contributed by atoms with Gasteiger partial charge in [-0.3, -0.25) is 5.32 Å². The second-order valence-corrected chi connectivity index (χ2v) is 8.35. The van der Waals surface area contributed by atoms with E-state index in [1.54, 1.807) is 18.3 Å². The number of nitrogens with zero attached hydrogens (tertiary/aromatic N) is 2. The summed E-state index contributed by atoms with van der Waals surface area (Å²) in [6.07, 6.45) is 3.33. The van der Waals surface area contributed by atoms with Crippen molar-refractivity contribution in [2.45, 2.75) is 13.3 Å². The van der Waals surface area contributed by atoms with Crippen molar-refractivity contribution < 1.29 is 19.0 Å². The number of pyridine rings is 2. The van der Waals surface area contributed by atoms with Gasteiger partial charge in [-0.25, -0.2) is 19.2 Å². The van der Waals surface area contributed by atoms with Crippen LogP contribution >= 0.6 is 0 Å². The van der Waals surface area contributed by atoms with Crippen molar-refractivity contribution in [3.63, 3.8) is 0 Å². The topological polar surface area (TPSA) is 108 Å². The molecule has 0 radical (unpaired) electrons. The number of nitrogens with one attached hydrogen (secondary N) is 3. The van der Waals surface area contributed by atoms with Crippen LogP contribution in [0.2, 0.25) is 0 Å². The fourth-order valence-electron chi connectivity index (χ4n) is 4.31. The van der Waals surface area contributed by atoms with Gasteiger partial charge in [0.15, 0.2) is 0 Å². The van der Waals surface area contributed by atoms with Gasteiger partial charge in [0.2, 0.25) is 5.88 Å². The Labute approximate surface area is 184 Å². The molecule has 4 heterocycles. The molecular formula is C23H24FN5O3. The van der Waals surface area contributed by atoms with E-state index in [0.717, 1.165) is 23.1 Å². The third kappa shape index (κ3) is 4.03. The Bertz CT molecular complexity index is 1190. The molecule has 4 N–H and O–H groups in total. The largest absolute Gasteiger partial charge is 0.474 e. The third-order valence-electron chi connectivity index (χ3n) is 6.16. The first kappa shape index (κ1) is 20.4. The monoisotopic (exact) mass is 437 g/mol. The first-order valence-electron chi connectivity index (χ1n) is 10.7. The van der Waals surface area contributed by atoms with Crippen molar-refractivity contribution in [3.8, 4) is 17.0 Å². The van der Waals surface area contributed by atoms with Crippen LogP contribution < -0.4 is 20.7 Å². The molecule has 1 aliphatic carbocycles. The van der Waals surface area contributed by atoms with Gasteiger partial charge in [0, 0.05) is 35.5 Å². The van der Waals surface area contributed by atoms with E-state index in [1.807, 2.05) is 6.92 Å². The lowest BCUT2D eigenvalue weighted by atomic mass is 9.98. The highest BCUT2D eigenvalue weighted by Gasteiger charge is 2.40. The zero-order valence-electron chi connectivity index (χ0n) is 17.6. The van der Waals surface area contributed by atoms with Crippen molar-refractivity contribution in [2.24, 2.45) is 11.8 Å². The minimum absolute atomic E-state index is 0.179. The SMILES string of the molecule is C1NC[C@@H]2CC12.Cc1c(-c2cc3cc(NC(=O)O)ncc3cc2F)cnc2c1NCCO2. The summed E-state index contributed by atoms with van der Waals surface area (Å²) in [5.74, 6) is 2.49. The van der Waals surface area contributed by atoms with Crippen molar-refractivity contribution in [2.75, 3.05) is 36.9 Å². The minimum Gasteiger partial charge on any atom is -0.474 e. The zero-order valence-corrected chi connectivity index (χ0v) is 17.6. The standard InChI is InChI=1S/C18H15FN4O3.C5H9N/c1-9-13(8-22-17-16(9)20-2-3-26-17)12-4-10-6-15(23-18(24)25)21-7-11(10)5-14(12)19;1-4-2-6-3-5(1)4/h4-8,20H,2-3H2,1H3,(H,21,23)(H,24,25);4-6H,1-3H2/t;4-,5?/m.0/s1. The Morgan fingerprint density at radius 2 is 1.97 bits per heavy atom. The molecule has 3 aromatic rings. The predicted molar refractivity (Wildman–Crippen MR) is 120 cm³/mol. The first-order chi connectivity index (χ1) is 15.5. The maximum atomic E-state index is 14.7. The molecule has 1 unspecified atom stereocenters. The lowest BCUT2D eigenvalue weighted by Crippen LogP contribution is -2.20. The molecule has 1 amide bonds.